The van der Waals surface area contributed by atoms with Crippen LogP contribution in [0.15, 0.2) is 77.2 Å². The van der Waals surface area contributed by atoms with Crippen molar-refractivity contribution in [1.82, 2.24) is 10.2 Å². The van der Waals surface area contributed by atoms with Gasteiger partial charge in [-0.3, -0.25) is 4.79 Å². The van der Waals surface area contributed by atoms with Crippen molar-refractivity contribution < 1.29 is 22.7 Å². The molecule has 0 spiro atoms. The Morgan fingerprint density at radius 2 is 1.61 bits per heavy atom. The number of aromatic nitrogens is 2. The van der Waals surface area contributed by atoms with Crippen LogP contribution in [0.25, 0.3) is 22.9 Å². The van der Waals surface area contributed by atoms with Crippen molar-refractivity contribution >= 4 is 11.6 Å². The van der Waals surface area contributed by atoms with Gasteiger partial charge in [-0.05, 0) is 67.1 Å². The zero-order valence-corrected chi connectivity index (χ0v) is 16.4. The average molecular weight is 421 g/mol. The molecule has 0 aliphatic rings. The molecule has 8 heteroatoms. The normalized spacial score (nSPS) is 10.8. The van der Waals surface area contributed by atoms with Gasteiger partial charge in [0.1, 0.15) is 5.75 Å². The summed E-state index contributed by atoms with van der Waals surface area (Å²) < 4.78 is 34.5. The third-order valence-corrected chi connectivity index (χ3v) is 4.53. The Bertz CT molecular complexity index is 1190. The number of carbonyl (C=O) groups excluding carboxylic acids is 1. The van der Waals surface area contributed by atoms with E-state index in [0.29, 0.717) is 28.6 Å². The van der Waals surface area contributed by atoms with Gasteiger partial charge < -0.3 is 14.5 Å². The Kier molecular flexibility index (Phi) is 5.70. The molecule has 0 fully saturated rings. The SMILES string of the molecule is Cc1ccccc1-c1nnc(-c2ccc(C(=O)Nc3ccc(OC(F)F)cc3)cc2)o1. The van der Waals surface area contributed by atoms with Crippen molar-refractivity contribution in [3.05, 3.63) is 83.9 Å². The molecule has 0 radical (unpaired) electrons. The maximum Gasteiger partial charge on any atom is 0.387 e. The number of amides is 1. The second-order valence-corrected chi connectivity index (χ2v) is 6.66. The summed E-state index contributed by atoms with van der Waals surface area (Å²) in [4.78, 5) is 12.4. The number of aryl methyl sites for hydroxylation is 1. The van der Waals surface area contributed by atoms with Gasteiger partial charge in [-0.1, -0.05) is 18.2 Å². The first-order valence-corrected chi connectivity index (χ1v) is 9.36. The van der Waals surface area contributed by atoms with E-state index < -0.39 is 6.61 Å². The molecule has 31 heavy (non-hydrogen) atoms. The summed E-state index contributed by atoms with van der Waals surface area (Å²) in [5, 5.41) is 10.9. The van der Waals surface area contributed by atoms with E-state index in [2.05, 4.69) is 20.3 Å². The molecular formula is C23H17F2N3O3. The third kappa shape index (κ3) is 4.75. The molecule has 4 aromatic rings. The molecule has 156 valence electrons. The molecule has 0 saturated heterocycles. The highest BCUT2D eigenvalue weighted by molar-refractivity contribution is 6.04. The molecule has 1 N–H and O–H groups in total. The minimum absolute atomic E-state index is 0.0157. The summed E-state index contributed by atoms with van der Waals surface area (Å²) in [6.45, 7) is -0.933. The van der Waals surface area contributed by atoms with Crippen LogP contribution in [0.5, 0.6) is 5.75 Å². The fraction of sp³-hybridized carbons (Fsp3) is 0.0870. The Hall–Kier alpha value is -4.07. The van der Waals surface area contributed by atoms with E-state index in [-0.39, 0.29) is 11.7 Å². The molecule has 0 aliphatic heterocycles. The van der Waals surface area contributed by atoms with Crippen LogP contribution in [0.2, 0.25) is 0 Å². The molecule has 3 aromatic carbocycles. The van der Waals surface area contributed by atoms with Crippen LogP contribution in [0.3, 0.4) is 0 Å². The summed E-state index contributed by atoms with van der Waals surface area (Å²) in [5.74, 6) is 0.441. The van der Waals surface area contributed by atoms with Crippen molar-refractivity contribution in [1.29, 1.82) is 0 Å². The summed E-state index contributed by atoms with van der Waals surface area (Å²) >= 11 is 0. The predicted octanol–water partition coefficient (Wildman–Crippen LogP) is 5.57. The van der Waals surface area contributed by atoms with E-state index in [0.717, 1.165) is 11.1 Å². The van der Waals surface area contributed by atoms with Crippen molar-refractivity contribution in [3.8, 4) is 28.7 Å². The number of anilines is 1. The molecule has 0 atom stereocenters. The van der Waals surface area contributed by atoms with Gasteiger partial charge in [-0.2, -0.15) is 8.78 Å². The highest BCUT2D eigenvalue weighted by Gasteiger charge is 2.13. The maximum absolute atomic E-state index is 12.4. The number of nitrogens with zero attached hydrogens (tertiary/aromatic N) is 2. The van der Waals surface area contributed by atoms with Gasteiger partial charge in [0.15, 0.2) is 0 Å². The molecule has 0 saturated carbocycles. The number of rotatable bonds is 6. The molecule has 4 rings (SSSR count). The summed E-state index contributed by atoms with van der Waals surface area (Å²) in [5.41, 5.74) is 3.43. The highest BCUT2D eigenvalue weighted by Crippen LogP contribution is 2.26. The predicted molar refractivity (Wildman–Crippen MR) is 111 cm³/mol. The number of hydrogen-bond acceptors (Lipinski definition) is 5. The fourth-order valence-corrected chi connectivity index (χ4v) is 2.95. The average Bonchev–Trinajstić information content (AvgIpc) is 3.25. The van der Waals surface area contributed by atoms with Gasteiger partial charge >= 0.3 is 6.61 Å². The Balaban J connectivity index is 1.45. The van der Waals surface area contributed by atoms with Crippen LogP contribution in [0, 0.1) is 6.92 Å². The number of hydrogen-bond donors (Lipinski definition) is 1. The van der Waals surface area contributed by atoms with Crippen LogP contribution >= 0.6 is 0 Å². The first-order chi connectivity index (χ1) is 15.0. The van der Waals surface area contributed by atoms with E-state index in [9.17, 15) is 13.6 Å². The molecule has 0 bridgehead atoms. The zero-order valence-electron chi connectivity index (χ0n) is 16.4. The molecule has 1 heterocycles. The number of carbonyl (C=O) groups is 1. The van der Waals surface area contributed by atoms with Crippen molar-refractivity contribution in [2.75, 3.05) is 5.32 Å². The van der Waals surface area contributed by atoms with Crippen molar-refractivity contribution in [3.63, 3.8) is 0 Å². The number of nitrogens with one attached hydrogen (secondary N) is 1. The molecule has 0 unspecified atom stereocenters. The zero-order chi connectivity index (χ0) is 21.8. The van der Waals surface area contributed by atoms with Gasteiger partial charge in [0.05, 0.1) is 0 Å². The monoisotopic (exact) mass is 421 g/mol. The lowest BCUT2D eigenvalue weighted by atomic mass is 10.1. The quantitative estimate of drug-likeness (QED) is 0.441. The van der Waals surface area contributed by atoms with Crippen LogP contribution in [-0.4, -0.2) is 22.7 Å². The van der Waals surface area contributed by atoms with E-state index in [1.54, 1.807) is 24.3 Å². The Morgan fingerprint density at radius 1 is 0.935 bits per heavy atom. The fourth-order valence-electron chi connectivity index (χ4n) is 2.95. The third-order valence-electron chi connectivity index (χ3n) is 4.53. The van der Waals surface area contributed by atoms with E-state index >= 15 is 0 Å². The Labute approximate surface area is 176 Å². The second-order valence-electron chi connectivity index (χ2n) is 6.66. The van der Waals surface area contributed by atoms with Crippen LogP contribution in [0.4, 0.5) is 14.5 Å². The van der Waals surface area contributed by atoms with E-state index in [4.69, 9.17) is 4.42 Å². The highest BCUT2D eigenvalue weighted by atomic mass is 19.3. The summed E-state index contributed by atoms with van der Waals surface area (Å²) in [6.07, 6.45) is 0. The van der Waals surface area contributed by atoms with Crippen molar-refractivity contribution in [2.45, 2.75) is 13.5 Å². The second kappa shape index (κ2) is 8.74. The smallest absolute Gasteiger partial charge is 0.387 e. The lowest BCUT2D eigenvalue weighted by Gasteiger charge is -2.08. The van der Waals surface area contributed by atoms with Crippen LogP contribution < -0.4 is 10.1 Å². The number of benzene rings is 3. The minimum atomic E-state index is -2.90. The largest absolute Gasteiger partial charge is 0.435 e. The number of alkyl halides is 2. The van der Waals surface area contributed by atoms with Crippen LogP contribution in [0.1, 0.15) is 15.9 Å². The lowest BCUT2D eigenvalue weighted by Crippen LogP contribution is -2.11. The first kappa shape index (κ1) is 20.2. The summed E-state index contributed by atoms with van der Waals surface area (Å²) in [7, 11) is 0. The molecule has 6 nitrogen and oxygen atoms in total. The molecule has 0 aliphatic carbocycles. The molecular weight excluding hydrogens is 404 g/mol. The van der Waals surface area contributed by atoms with Gasteiger partial charge in [0.2, 0.25) is 11.8 Å². The summed E-state index contributed by atoms with van der Waals surface area (Å²) in [6, 6.07) is 20.1. The number of ether oxygens (including phenoxy) is 1. The van der Waals surface area contributed by atoms with Gasteiger partial charge in [0.25, 0.3) is 5.91 Å². The minimum Gasteiger partial charge on any atom is -0.435 e. The van der Waals surface area contributed by atoms with Gasteiger partial charge in [-0.15, -0.1) is 10.2 Å². The van der Waals surface area contributed by atoms with Gasteiger partial charge in [0, 0.05) is 22.4 Å². The lowest BCUT2D eigenvalue weighted by molar-refractivity contribution is -0.0498. The maximum atomic E-state index is 12.4. The van der Waals surface area contributed by atoms with Crippen molar-refractivity contribution in [2.24, 2.45) is 0 Å². The van der Waals surface area contributed by atoms with Gasteiger partial charge in [-0.25, -0.2) is 0 Å². The first-order valence-electron chi connectivity index (χ1n) is 9.36. The molecule has 1 amide bonds. The van der Waals surface area contributed by atoms with E-state index in [1.807, 2.05) is 31.2 Å². The molecule has 1 aromatic heterocycles. The van der Waals surface area contributed by atoms with Crippen LogP contribution in [-0.2, 0) is 0 Å². The van der Waals surface area contributed by atoms with E-state index in [1.165, 1.54) is 24.3 Å². The standard InChI is InChI=1S/C23H17F2N3O3/c1-14-4-2-3-5-19(14)22-28-27-21(31-22)16-8-6-15(7-9-16)20(29)26-17-10-12-18(13-11-17)30-23(24)25/h2-13,23H,1H3,(H,26,29). The number of halogens is 2. The Morgan fingerprint density at radius 3 is 2.29 bits per heavy atom. The topological polar surface area (TPSA) is 77.2 Å².